The van der Waals surface area contributed by atoms with Gasteiger partial charge in [0.25, 0.3) is 0 Å². The first-order chi connectivity index (χ1) is 12.7. The largest absolute Gasteiger partial charge is 0.475 e. The van der Waals surface area contributed by atoms with Crippen molar-refractivity contribution in [1.29, 1.82) is 0 Å². The Labute approximate surface area is 169 Å². The second kappa shape index (κ2) is 22.7. The zero-order valence-corrected chi connectivity index (χ0v) is 19.9. The number of rotatable bonds is 21. The Hall–Kier alpha value is 0.420. The lowest BCUT2D eigenvalue weighted by molar-refractivity contribution is 0.0331. The summed E-state index contributed by atoms with van der Waals surface area (Å²) in [5.74, 6) is 0. The predicted octanol–water partition coefficient (Wildman–Crippen LogP) is 4.65. The Morgan fingerprint density at radius 2 is 0.815 bits per heavy atom. The van der Waals surface area contributed by atoms with Gasteiger partial charge in [0.1, 0.15) is 0 Å². The van der Waals surface area contributed by atoms with Crippen molar-refractivity contribution in [2.75, 3.05) is 59.5 Å². The molecule has 0 heterocycles. The van der Waals surface area contributed by atoms with Crippen LogP contribution >= 0.6 is 17.7 Å². The molecule has 0 radical (unpaired) electrons. The van der Waals surface area contributed by atoms with Crippen molar-refractivity contribution in [3.8, 4) is 0 Å². The maximum absolute atomic E-state index is 12.6. The van der Waals surface area contributed by atoms with Gasteiger partial charge in [0, 0.05) is 19.8 Å². The average Bonchev–Trinajstić information content (AvgIpc) is 2.64. The molecule has 0 bridgehead atoms. The molecule has 0 aromatic heterocycles. The van der Waals surface area contributed by atoms with E-state index >= 15 is 0 Å². The lowest BCUT2D eigenvalue weighted by Crippen LogP contribution is -2.12. The molecule has 1 unspecified atom stereocenters. The van der Waals surface area contributed by atoms with E-state index in [4.69, 9.17) is 27.8 Å². The van der Waals surface area contributed by atoms with E-state index in [-0.39, 0.29) is 29.7 Å². The smallest absolute Gasteiger partial charge is 0.379 e. The highest BCUT2D eigenvalue weighted by Crippen LogP contribution is 2.49. The highest BCUT2D eigenvalue weighted by atomic mass is 31.2. The summed E-state index contributed by atoms with van der Waals surface area (Å²) in [4.78, 5) is 0. The molecule has 0 aliphatic carbocycles. The van der Waals surface area contributed by atoms with Crippen LogP contribution in [-0.4, -0.2) is 59.5 Å². The van der Waals surface area contributed by atoms with Crippen molar-refractivity contribution in [3.63, 3.8) is 0 Å². The van der Waals surface area contributed by atoms with Crippen LogP contribution in [0.25, 0.3) is 0 Å². The SMILES string of the molecule is CCCCOCCOP(=O)(OCCOCCCC)OCCOCCCC.P. The fraction of sp³-hybridized carbons (Fsp3) is 1.00. The lowest BCUT2D eigenvalue weighted by Gasteiger charge is -2.18. The van der Waals surface area contributed by atoms with E-state index in [1.54, 1.807) is 0 Å². The van der Waals surface area contributed by atoms with Crippen LogP contribution < -0.4 is 0 Å². The number of phosphoric ester groups is 1. The Balaban J connectivity index is 0. The number of hydrogen-bond acceptors (Lipinski definition) is 7. The van der Waals surface area contributed by atoms with Crippen LogP contribution in [0.1, 0.15) is 59.3 Å². The van der Waals surface area contributed by atoms with Gasteiger partial charge in [-0.3, -0.25) is 13.6 Å². The Kier molecular flexibility index (Phi) is 24.9. The Morgan fingerprint density at radius 1 is 0.519 bits per heavy atom. The molecule has 0 aromatic carbocycles. The first-order valence-corrected chi connectivity index (χ1v) is 11.4. The Bertz CT molecular complexity index is 285. The highest BCUT2D eigenvalue weighted by Gasteiger charge is 2.26. The van der Waals surface area contributed by atoms with Gasteiger partial charge in [0.05, 0.1) is 39.6 Å². The summed E-state index contributed by atoms with van der Waals surface area (Å²) in [6.07, 6.45) is 6.20. The first kappa shape index (κ1) is 29.6. The summed E-state index contributed by atoms with van der Waals surface area (Å²) in [5, 5.41) is 0. The number of unbranched alkanes of at least 4 members (excludes halogenated alkanes) is 3. The zero-order valence-electron chi connectivity index (χ0n) is 17.6. The van der Waals surface area contributed by atoms with Crippen molar-refractivity contribution in [2.45, 2.75) is 59.3 Å². The van der Waals surface area contributed by atoms with E-state index in [0.717, 1.165) is 38.5 Å². The van der Waals surface area contributed by atoms with E-state index in [0.29, 0.717) is 39.6 Å². The minimum atomic E-state index is -3.63. The quantitative estimate of drug-likeness (QED) is 0.193. The molecule has 0 amide bonds. The number of hydrogen-bond donors (Lipinski definition) is 0. The van der Waals surface area contributed by atoms with E-state index in [1.165, 1.54) is 0 Å². The molecule has 9 heteroatoms. The summed E-state index contributed by atoms with van der Waals surface area (Å²) in [6, 6.07) is 0. The molecule has 0 aliphatic rings. The number of ether oxygens (including phenoxy) is 3. The topological polar surface area (TPSA) is 72.5 Å². The van der Waals surface area contributed by atoms with Gasteiger partial charge in [-0.05, 0) is 19.3 Å². The van der Waals surface area contributed by atoms with Crippen molar-refractivity contribution >= 4 is 17.7 Å². The van der Waals surface area contributed by atoms with Gasteiger partial charge in [-0.2, -0.15) is 9.90 Å². The third-order valence-corrected chi connectivity index (χ3v) is 4.85. The van der Waals surface area contributed by atoms with Crippen LogP contribution in [0, 0.1) is 0 Å². The normalized spacial score (nSPS) is 11.5. The summed E-state index contributed by atoms with van der Waals surface area (Å²) < 4.78 is 44.9. The second-order valence-electron chi connectivity index (χ2n) is 5.84. The summed E-state index contributed by atoms with van der Waals surface area (Å²) in [5.41, 5.74) is 0. The van der Waals surface area contributed by atoms with Crippen LogP contribution in [0.2, 0.25) is 0 Å². The van der Waals surface area contributed by atoms with Crippen LogP contribution in [0.3, 0.4) is 0 Å². The first-order valence-electron chi connectivity index (χ1n) is 9.95. The van der Waals surface area contributed by atoms with Crippen molar-refractivity contribution < 1.29 is 32.3 Å². The molecule has 166 valence electrons. The van der Waals surface area contributed by atoms with E-state index in [1.807, 2.05) is 0 Å². The maximum atomic E-state index is 12.6. The van der Waals surface area contributed by atoms with Crippen LogP contribution in [-0.2, 0) is 32.3 Å². The third kappa shape index (κ3) is 21.0. The highest BCUT2D eigenvalue weighted by molar-refractivity contribution is 7.48. The maximum Gasteiger partial charge on any atom is 0.475 e. The van der Waals surface area contributed by atoms with Crippen molar-refractivity contribution in [3.05, 3.63) is 0 Å². The summed E-state index contributed by atoms with van der Waals surface area (Å²) in [6.45, 7) is 9.86. The van der Waals surface area contributed by atoms with E-state index < -0.39 is 7.82 Å². The van der Waals surface area contributed by atoms with Crippen LogP contribution in [0.5, 0.6) is 0 Å². The molecular weight excluding hydrogens is 390 g/mol. The van der Waals surface area contributed by atoms with Gasteiger partial charge in [0.2, 0.25) is 0 Å². The van der Waals surface area contributed by atoms with Crippen molar-refractivity contribution in [1.82, 2.24) is 0 Å². The monoisotopic (exact) mass is 432 g/mol. The minimum absolute atomic E-state index is 0. The molecule has 0 aliphatic heterocycles. The molecule has 0 spiro atoms. The Morgan fingerprint density at radius 3 is 1.07 bits per heavy atom. The second-order valence-corrected chi connectivity index (χ2v) is 7.51. The van der Waals surface area contributed by atoms with Crippen LogP contribution in [0.4, 0.5) is 0 Å². The van der Waals surface area contributed by atoms with Gasteiger partial charge >= 0.3 is 7.82 Å². The average molecular weight is 432 g/mol. The minimum Gasteiger partial charge on any atom is -0.379 e. The molecular formula is C18H42O7P2. The molecule has 1 atom stereocenters. The zero-order chi connectivity index (χ0) is 19.3. The van der Waals surface area contributed by atoms with Gasteiger partial charge < -0.3 is 14.2 Å². The molecule has 0 aromatic rings. The van der Waals surface area contributed by atoms with E-state index in [2.05, 4.69) is 20.8 Å². The van der Waals surface area contributed by atoms with Crippen LogP contribution in [0.15, 0.2) is 0 Å². The van der Waals surface area contributed by atoms with E-state index in [9.17, 15) is 4.57 Å². The fourth-order valence-electron chi connectivity index (χ4n) is 1.78. The third-order valence-electron chi connectivity index (χ3n) is 3.36. The summed E-state index contributed by atoms with van der Waals surface area (Å²) in [7, 11) is -3.63. The van der Waals surface area contributed by atoms with Gasteiger partial charge in [0.15, 0.2) is 0 Å². The molecule has 0 N–H and O–H groups in total. The molecule has 7 nitrogen and oxygen atoms in total. The van der Waals surface area contributed by atoms with Crippen molar-refractivity contribution in [2.24, 2.45) is 0 Å². The van der Waals surface area contributed by atoms with Gasteiger partial charge in [-0.1, -0.05) is 40.0 Å². The molecule has 0 saturated carbocycles. The van der Waals surface area contributed by atoms with Gasteiger partial charge in [-0.15, -0.1) is 0 Å². The molecule has 0 saturated heterocycles. The van der Waals surface area contributed by atoms with Gasteiger partial charge in [-0.25, -0.2) is 4.57 Å². The standard InChI is InChI=1S/C18H39O7P.H3P/c1-4-7-10-20-13-16-23-26(19,24-17-14-21-11-8-5-2)25-18-15-22-12-9-6-3;/h4-18H2,1-3H3;1H3. The molecule has 27 heavy (non-hydrogen) atoms. The lowest BCUT2D eigenvalue weighted by atomic mass is 10.4. The molecule has 0 fully saturated rings. The fourth-order valence-corrected chi connectivity index (χ4v) is 2.90. The molecule has 0 rings (SSSR count). The summed E-state index contributed by atoms with van der Waals surface area (Å²) >= 11 is 0. The predicted molar refractivity (Wildman–Crippen MR) is 114 cm³/mol. The number of phosphoric acid groups is 1.